The van der Waals surface area contributed by atoms with Crippen LogP contribution in [0.25, 0.3) is 0 Å². The fraction of sp³-hybridized carbons (Fsp3) is 0.529. The van der Waals surface area contributed by atoms with Gasteiger partial charge in [-0.3, -0.25) is 9.59 Å². The van der Waals surface area contributed by atoms with Crippen LogP contribution in [0.2, 0.25) is 0 Å². The van der Waals surface area contributed by atoms with Gasteiger partial charge in [-0.2, -0.15) is 0 Å². The maximum absolute atomic E-state index is 11.9. The van der Waals surface area contributed by atoms with Crippen LogP contribution in [0.5, 0.6) is 5.75 Å². The fourth-order valence-corrected chi connectivity index (χ4v) is 2.70. The van der Waals surface area contributed by atoms with Gasteiger partial charge in [-0.1, -0.05) is 6.92 Å². The van der Waals surface area contributed by atoms with Crippen LogP contribution in [-0.4, -0.2) is 32.2 Å². The number of hydrogen-bond acceptors (Lipinski definition) is 5. The molecule has 6 nitrogen and oxygen atoms in total. The monoisotopic (exact) mass is 321 g/mol. The lowest BCUT2D eigenvalue weighted by Gasteiger charge is -2.32. The lowest BCUT2D eigenvalue weighted by atomic mass is 9.90. The summed E-state index contributed by atoms with van der Waals surface area (Å²) in [7, 11) is 1.61. The van der Waals surface area contributed by atoms with E-state index in [0.29, 0.717) is 24.7 Å². The molecule has 0 bridgehead atoms. The summed E-state index contributed by atoms with van der Waals surface area (Å²) in [5.74, 6) is 0.202. The molecule has 1 heterocycles. The molecule has 2 unspecified atom stereocenters. The van der Waals surface area contributed by atoms with Gasteiger partial charge in [0.25, 0.3) is 0 Å². The van der Waals surface area contributed by atoms with Gasteiger partial charge in [-0.25, -0.2) is 0 Å². The fourth-order valence-electron chi connectivity index (χ4n) is 2.70. The van der Waals surface area contributed by atoms with Gasteiger partial charge in [0.2, 0.25) is 5.91 Å². The van der Waals surface area contributed by atoms with Crippen LogP contribution in [0.15, 0.2) is 18.2 Å². The van der Waals surface area contributed by atoms with Crippen LogP contribution in [-0.2, 0) is 19.1 Å². The first kappa shape index (κ1) is 17.3. The summed E-state index contributed by atoms with van der Waals surface area (Å²) >= 11 is 0. The van der Waals surface area contributed by atoms with E-state index in [1.165, 1.54) is 6.92 Å². The first-order valence-corrected chi connectivity index (χ1v) is 7.77. The summed E-state index contributed by atoms with van der Waals surface area (Å²) in [6, 6.07) is 5.41. The number of benzene rings is 1. The second-order valence-electron chi connectivity index (χ2n) is 5.59. The quantitative estimate of drug-likeness (QED) is 0.816. The number of rotatable bonds is 6. The lowest BCUT2D eigenvalue weighted by Crippen LogP contribution is -2.30. The molecule has 23 heavy (non-hydrogen) atoms. The molecule has 0 spiro atoms. The minimum absolute atomic E-state index is 0.121. The molecule has 0 saturated heterocycles. The third kappa shape index (κ3) is 4.45. The highest BCUT2D eigenvalue weighted by Gasteiger charge is 2.33. The lowest BCUT2D eigenvalue weighted by molar-refractivity contribution is -0.147. The Morgan fingerprint density at radius 2 is 2.17 bits per heavy atom. The van der Waals surface area contributed by atoms with Crippen molar-refractivity contribution < 1.29 is 23.8 Å². The van der Waals surface area contributed by atoms with Crippen molar-refractivity contribution >= 4 is 17.6 Å². The topological polar surface area (TPSA) is 73.9 Å². The molecule has 0 aromatic heterocycles. The van der Waals surface area contributed by atoms with Gasteiger partial charge >= 0.3 is 5.97 Å². The van der Waals surface area contributed by atoms with Gasteiger partial charge < -0.3 is 19.5 Å². The number of anilines is 1. The molecule has 1 aliphatic heterocycles. The smallest absolute Gasteiger partial charge is 0.306 e. The molecular formula is C17H23NO5. The van der Waals surface area contributed by atoms with Crippen molar-refractivity contribution in [2.75, 3.05) is 25.6 Å². The largest absolute Gasteiger partial charge is 0.493 e. The van der Waals surface area contributed by atoms with Gasteiger partial charge in [0.15, 0.2) is 0 Å². The zero-order valence-corrected chi connectivity index (χ0v) is 13.8. The number of methoxy groups -OCH3 is 1. The summed E-state index contributed by atoms with van der Waals surface area (Å²) in [5.41, 5.74) is 1.51. The Morgan fingerprint density at radius 1 is 1.39 bits per heavy atom. The Hall–Kier alpha value is -2.08. The summed E-state index contributed by atoms with van der Waals surface area (Å²) < 4.78 is 16.5. The van der Waals surface area contributed by atoms with Crippen molar-refractivity contribution in [3.63, 3.8) is 0 Å². The molecule has 1 aliphatic rings. The van der Waals surface area contributed by atoms with E-state index in [9.17, 15) is 9.59 Å². The van der Waals surface area contributed by atoms with E-state index >= 15 is 0 Å². The van der Waals surface area contributed by atoms with Gasteiger partial charge in [0.1, 0.15) is 5.75 Å². The molecule has 0 aliphatic carbocycles. The summed E-state index contributed by atoms with van der Waals surface area (Å²) in [6.45, 7) is 4.23. The highest BCUT2D eigenvalue weighted by Crippen LogP contribution is 2.40. The molecule has 6 heteroatoms. The number of fused-ring (bicyclic) bond motifs is 1. The number of nitrogens with one attached hydrogen (secondary N) is 1. The van der Waals surface area contributed by atoms with Crippen molar-refractivity contribution in [3.05, 3.63) is 23.8 Å². The Kier molecular flexibility index (Phi) is 5.98. The van der Waals surface area contributed by atoms with Crippen molar-refractivity contribution in [1.82, 2.24) is 0 Å². The third-order valence-corrected chi connectivity index (χ3v) is 3.67. The molecule has 2 rings (SSSR count). The van der Waals surface area contributed by atoms with Gasteiger partial charge in [-0.05, 0) is 24.6 Å². The first-order chi connectivity index (χ1) is 11.0. The second-order valence-corrected chi connectivity index (χ2v) is 5.59. The number of carbonyl (C=O) groups is 2. The van der Waals surface area contributed by atoms with E-state index in [4.69, 9.17) is 14.2 Å². The number of carbonyl (C=O) groups excluding carboxylic acids is 2. The van der Waals surface area contributed by atoms with E-state index in [2.05, 4.69) is 5.32 Å². The van der Waals surface area contributed by atoms with E-state index in [1.807, 2.05) is 13.0 Å². The molecule has 0 fully saturated rings. The van der Waals surface area contributed by atoms with Crippen molar-refractivity contribution in [2.45, 2.75) is 32.8 Å². The maximum Gasteiger partial charge on any atom is 0.306 e. The molecule has 2 atom stereocenters. The molecule has 1 aromatic carbocycles. The molecule has 1 amide bonds. The Balaban J connectivity index is 2.15. The van der Waals surface area contributed by atoms with Crippen LogP contribution < -0.4 is 10.1 Å². The summed E-state index contributed by atoms with van der Waals surface area (Å²) in [6.07, 6.45) is 0.757. The summed E-state index contributed by atoms with van der Waals surface area (Å²) in [4.78, 5) is 23.1. The van der Waals surface area contributed by atoms with E-state index in [-0.39, 0.29) is 30.3 Å². The average Bonchev–Trinajstić information content (AvgIpc) is 2.52. The normalized spacial score (nSPS) is 19.4. The molecule has 0 radical (unpaired) electrons. The Bertz CT molecular complexity index is 572. The number of amides is 1. The summed E-state index contributed by atoms with van der Waals surface area (Å²) in [5, 5.41) is 2.74. The second kappa shape index (κ2) is 7.97. The maximum atomic E-state index is 11.9. The van der Waals surface area contributed by atoms with Gasteiger partial charge in [0, 0.05) is 31.2 Å². The molecule has 126 valence electrons. The SMILES string of the molecule is CCCOC(=O)CC1COc2ccc(NC(C)=O)cc2C1OC. The predicted octanol–water partition coefficient (Wildman–Crippen LogP) is 2.68. The number of hydrogen-bond donors (Lipinski definition) is 1. The third-order valence-electron chi connectivity index (χ3n) is 3.67. The van der Waals surface area contributed by atoms with Crippen molar-refractivity contribution in [3.8, 4) is 5.75 Å². The number of esters is 1. The zero-order chi connectivity index (χ0) is 16.8. The molecule has 1 aromatic rings. The average molecular weight is 321 g/mol. The van der Waals surface area contributed by atoms with Crippen LogP contribution in [0.3, 0.4) is 0 Å². The minimum Gasteiger partial charge on any atom is -0.493 e. The Morgan fingerprint density at radius 3 is 2.83 bits per heavy atom. The zero-order valence-electron chi connectivity index (χ0n) is 13.8. The van der Waals surface area contributed by atoms with Crippen molar-refractivity contribution in [2.24, 2.45) is 5.92 Å². The van der Waals surface area contributed by atoms with E-state index in [0.717, 1.165) is 12.0 Å². The van der Waals surface area contributed by atoms with Crippen LogP contribution in [0.1, 0.15) is 38.4 Å². The van der Waals surface area contributed by atoms with Crippen molar-refractivity contribution in [1.29, 1.82) is 0 Å². The van der Waals surface area contributed by atoms with Gasteiger partial charge in [-0.15, -0.1) is 0 Å². The standard InChI is InChI=1S/C17H23NO5/c1-4-7-22-16(20)8-12-10-23-15-6-5-13(18-11(2)19)9-14(15)17(12)21-3/h5-6,9,12,17H,4,7-8,10H2,1-3H3,(H,18,19). The highest BCUT2D eigenvalue weighted by molar-refractivity contribution is 5.88. The molecular weight excluding hydrogens is 298 g/mol. The molecule has 0 saturated carbocycles. The highest BCUT2D eigenvalue weighted by atomic mass is 16.5. The predicted molar refractivity (Wildman–Crippen MR) is 85.3 cm³/mol. The van der Waals surface area contributed by atoms with E-state index in [1.54, 1.807) is 19.2 Å². The van der Waals surface area contributed by atoms with Crippen LogP contribution >= 0.6 is 0 Å². The Labute approximate surface area is 136 Å². The molecule has 1 N–H and O–H groups in total. The van der Waals surface area contributed by atoms with Crippen LogP contribution in [0, 0.1) is 5.92 Å². The number of ether oxygens (including phenoxy) is 3. The first-order valence-electron chi connectivity index (χ1n) is 7.77. The van der Waals surface area contributed by atoms with Gasteiger partial charge in [0.05, 0.1) is 25.7 Å². The van der Waals surface area contributed by atoms with Crippen LogP contribution in [0.4, 0.5) is 5.69 Å². The minimum atomic E-state index is -0.276. The van der Waals surface area contributed by atoms with E-state index < -0.39 is 0 Å².